The summed E-state index contributed by atoms with van der Waals surface area (Å²) < 4.78 is 18.5. The van der Waals surface area contributed by atoms with E-state index >= 15 is 0 Å². The van der Waals surface area contributed by atoms with E-state index in [2.05, 4.69) is 6.92 Å². The Hall–Kier alpha value is -2.16. The Labute approximate surface area is 124 Å². The number of carbonyl (C=O) groups is 1. The van der Waals surface area contributed by atoms with Crippen LogP contribution in [0.15, 0.2) is 42.5 Å². The summed E-state index contributed by atoms with van der Waals surface area (Å²) in [6.07, 6.45) is 1.84. The molecule has 2 aromatic carbocycles. The number of ether oxygens (including phenoxy) is 1. The first-order chi connectivity index (χ1) is 10.2. The van der Waals surface area contributed by atoms with E-state index in [1.807, 2.05) is 19.1 Å². The Morgan fingerprint density at radius 1 is 1.05 bits per heavy atom. The van der Waals surface area contributed by atoms with E-state index in [4.69, 9.17) is 4.74 Å². The third-order valence-electron chi connectivity index (χ3n) is 3.25. The van der Waals surface area contributed by atoms with Crippen molar-refractivity contribution in [1.82, 2.24) is 0 Å². The number of halogens is 1. The number of aryl methyl sites for hydroxylation is 1. The minimum Gasteiger partial charge on any atom is -0.494 e. The SMILES string of the molecule is CCCc1cc(C(=O)c2ccc(F)cc2)ccc1OCC. The monoisotopic (exact) mass is 286 g/mol. The number of benzene rings is 2. The second-order valence-corrected chi connectivity index (χ2v) is 4.84. The van der Waals surface area contributed by atoms with Gasteiger partial charge in [-0.05, 0) is 61.4 Å². The third kappa shape index (κ3) is 3.69. The summed E-state index contributed by atoms with van der Waals surface area (Å²) in [5.74, 6) is 0.385. The zero-order chi connectivity index (χ0) is 15.2. The van der Waals surface area contributed by atoms with Gasteiger partial charge in [-0.2, -0.15) is 0 Å². The lowest BCUT2D eigenvalue weighted by Gasteiger charge is -2.11. The molecule has 2 nitrogen and oxygen atoms in total. The number of ketones is 1. The number of rotatable bonds is 6. The highest BCUT2D eigenvalue weighted by atomic mass is 19.1. The molecular weight excluding hydrogens is 267 g/mol. The van der Waals surface area contributed by atoms with E-state index in [0.29, 0.717) is 17.7 Å². The predicted molar refractivity (Wildman–Crippen MR) is 81.4 cm³/mol. The fourth-order valence-electron chi connectivity index (χ4n) is 2.25. The highest BCUT2D eigenvalue weighted by Gasteiger charge is 2.12. The fourth-order valence-corrected chi connectivity index (χ4v) is 2.25. The lowest BCUT2D eigenvalue weighted by Crippen LogP contribution is -2.04. The molecule has 0 spiro atoms. The van der Waals surface area contributed by atoms with Crippen molar-refractivity contribution in [2.45, 2.75) is 26.7 Å². The Morgan fingerprint density at radius 2 is 1.71 bits per heavy atom. The zero-order valence-corrected chi connectivity index (χ0v) is 12.4. The molecule has 0 aliphatic heterocycles. The molecule has 2 aromatic rings. The van der Waals surface area contributed by atoms with E-state index < -0.39 is 0 Å². The average Bonchev–Trinajstić information content (AvgIpc) is 2.49. The van der Waals surface area contributed by atoms with Crippen LogP contribution >= 0.6 is 0 Å². The minimum atomic E-state index is -0.343. The number of hydrogen-bond donors (Lipinski definition) is 0. The van der Waals surface area contributed by atoms with Crippen LogP contribution in [0.5, 0.6) is 5.75 Å². The van der Waals surface area contributed by atoms with Gasteiger partial charge in [0.15, 0.2) is 5.78 Å². The summed E-state index contributed by atoms with van der Waals surface area (Å²) >= 11 is 0. The molecule has 0 aliphatic carbocycles. The molecule has 0 N–H and O–H groups in total. The van der Waals surface area contributed by atoms with E-state index in [9.17, 15) is 9.18 Å². The predicted octanol–water partition coefficient (Wildman–Crippen LogP) is 4.41. The van der Waals surface area contributed by atoms with Crippen molar-refractivity contribution in [2.24, 2.45) is 0 Å². The molecule has 0 radical (unpaired) electrons. The van der Waals surface area contributed by atoms with Gasteiger partial charge in [0.25, 0.3) is 0 Å². The van der Waals surface area contributed by atoms with Crippen molar-refractivity contribution in [3.8, 4) is 5.75 Å². The Morgan fingerprint density at radius 3 is 2.33 bits per heavy atom. The Bertz CT molecular complexity index is 618. The highest BCUT2D eigenvalue weighted by Crippen LogP contribution is 2.23. The molecule has 0 amide bonds. The maximum Gasteiger partial charge on any atom is 0.193 e. The van der Waals surface area contributed by atoms with Crippen molar-refractivity contribution in [1.29, 1.82) is 0 Å². The number of hydrogen-bond acceptors (Lipinski definition) is 2. The quantitative estimate of drug-likeness (QED) is 0.735. The fraction of sp³-hybridized carbons (Fsp3) is 0.278. The highest BCUT2D eigenvalue weighted by molar-refractivity contribution is 6.09. The van der Waals surface area contributed by atoms with Crippen LogP contribution in [0.25, 0.3) is 0 Å². The molecule has 2 rings (SSSR count). The molecular formula is C18H19FO2. The smallest absolute Gasteiger partial charge is 0.193 e. The van der Waals surface area contributed by atoms with Crippen molar-refractivity contribution in [3.05, 3.63) is 65.0 Å². The van der Waals surface area contributed by atoms with Gasteiger partial charge < -0.3 is 4.74 Å². The molecule has 0 heterocycles. The molecule has 0 saturated carbocycles. The summed E-state index contributed by atoms with van der Waals surface area (Å²) in [4.78, 5) is 12.4. The average molecular weight is 286 g/mol. The van der Waals surface area contributed by atoms with Gasteiger partial charge in [0.1, 0.15) is 11.6 Å². The molecule has 110 valence electrons. The lowest BCUT2D eigenvalue weighted by atomic mass is 9.99. The van der Waals surface area contributed by atoms with Crippen molar-refractivity contribution in [2.75, 3.05) is 6.61 Å². The molecule has 0 unspecified atom stereocenters. The first kappa shape index (κ1) is 15.2. The molecule has 3 heteroatoms. The summed E-state index contributed by atoms with van der Waals surface area (Å²) in [5.41, 5.74) is 2.13. The Kier molecular flexibility index (Phi) is 5.09. The van der Waals surface area contributed by atoms with Crippen molar-refractivity contribution < 1.29 is 13.9 Å². The van der Waals surface area contributed by atoms with Gasteiger partial charge in [-0.25, -0.2) is 4.39 Å². The van der Waals surface area contributed by atoms with E-state index in [1.54, 1.807) is 6.07 Å². The van der Waals surface area contributed by atoms with Gasteiger partial charge >= 0.3 is 0 Å². The topological polar surface area (TPSA) is 26.3 Å². The van der Waals surface area contributed by atoms with Gasteiger partial charge in [0.2, 0.25) is 0 Å². The largest absolute Gasteiger partial charge is 0.494 e. The summed E-state index contributed by atoms with van der Waals surface area (Å²) in [6, 6.07) is 11.1. The van der Waals surface area contributed by atoms with Crippen LogP contribution in [-0.4, -0.2) is 12.4 Å². The van der Waals surface area contributed by atoms with Crippen LogP contribution in [0, 0.1) is 5.82 Å². The molecule has 0 atom stereocenters. The number of carbonyl (C=O) groups excluding carboxylic acids is 1. The third-order valence-corrected chi connectivity index (χ3v) is 3.25. The summed E-state index contributed by atoms with van der Waals surface area (Å²) in [6.45, 7) is 4.62. The van der Waals surface area contributed by atoms with E-state index in [0.717, 1.165) is 24.2 Å². The van der Waals surface area contributed by atoms with Crippen LogP contribution in [0.3, 0.4) is 0 Å². The van der Waals surface area contributed by atoms with Gasteiger partial charge in [-0.3, -0.25) is 4.79 Å². The van der Waals surface area contributed by atoms with Crippen molar-refractivity contribution in [3.63, 3.8) is 0 Å². The molecule has 21 heavy (non-hydrogen) atoms. The molecule has 0 aromatic heterocycles. The van der Waals surface area contributed by atoms with Crippen LogP contribution in [-0.2, 0) is 6.42 Å². The van der Waals surface area contributed by atoms with Crippen LogP contribution in [0.1, 0.15) is 41.8 Å². The normalized spacial score (nSPS) is 10.4. The van der Waals surface area contributed by atoms with Gasteiger partial charge in [-0.1, -0.05) is 13.3 Å². The van der Waals surface area contributed by atoms with Crippen LogP contribution < -0.4 is 4.74 Å². The molecule has 0 saturated heterocycles. The first-order valence-corrected chi connectivity index (χ1v) is 7.21. The second kappa shape index (κ2) is 7.02. The second-order valence-electron chi connectivity index (χ2n) is 4.84. The first-order valence-electron chi connectivity index (χ1n) is 7.21. The van der Waals surface area contributed by atoms with Crippen molar-refractivity contribution >= 4 is 5.78 Å². The minimum absolute atomic E-state index is 0.101. The van der Waals surface area contributed by atoms with Crippen LogP contribution in [0.4, 0.5) is 4.39 Å². The van der Waals surface area contributed by atoms with E-state index in [1.165, 1.54) is 24.3 Å². The summed E-state index contributed by atoms with van der Waals surface area (Å²) in [7, 11) is 0. The van der Waals surface area contributed by atoms with Gasteiger partial charge in [0.05, 0.1) is 6.61 Å². The summed E-state index contributed by atoms with van der Waals surface area (Å²) in [5, 5.41) is 0. The van der Waals surface area contributed by atoms with Gasteiger partial charge in [-0.15, -0.1) is 0 Å². The Balaban J connectivity index is 2.32. The molecule has 0 bridgehead atoms. The zero-order valence-electron chi connectivity index (χ0n) is 12.4. The molecule has 0 fully saturated rings. The van der Waals surface area contributed by atoms with Crippen LogP contribution in [0.2, 0.25) is 0 Å². The standard InChI is InChI=1S/C18H19FO2/c1-3-5-14-12-15(8-11-17(14)21-4-2)18(20)13-6-9-16(19)10-7-13/h6-12H,3-5H2,1-2H3. The van der Waals surface area contributed by atoms with E-state index in [-0.39, 0.29) is 11.6 Å². The van der Waals surface area contributed by atoms with Gasteiger partial charge in [0, 0.05) is 11.1 Å². The maximum absolute atomic E-state index is 12.9. The maximum atomic E-state index is 12.9. The lowest BCUT2D eigenvalue weighted by molar-refractivity contribution is 0.103. The molecule has 0 aliphatic rings.